The molecule has 0 spiro atoms. The summed E-state index contributed by atoms with van der Waals surface area (Å²) in [5.41, 5.74) is 0. The molecule has 1 heterocycles. The summed E-state index contributed by atoms with van der Waals surface area (Å²) in [6, 6.07) is -1.32. The number of nitrogens with zero attached hydrogens (tertiary/aromatic N) is 1. The fraction of sp³-hybridized carbons (Fsp3) is 0.625. The van der Waals surface area contributed by atoms with Crippen LogP contribution in [-0.4, -0.2) is 50.9 Å². The van der Waals surface area contributed by atoms with Gasteiger partial charge in [0.15, 0.2) is 0 Å². The van der Waals surface area contributed by atoms with E-state index in [9.17, 15) is 14.4 Å². The van der Waals surface area contributed by atoms with Gasteiger partial charge < -0.3 is 15.1 Å². The Morgan fingerprint density at radius 2 is 2.13 bits per heavy atom. The normalized spacial score (nSPS) is 22.9. The van der Waals surface area contributed by atoms with E-state index in [2.05, 4.69) is 0 Å². The van der Waals surface area contributed by atoms with Gasteiger partial charge in [-0.2, -0.15) is 0 Å². The van der Waals surface area contributed by atoms with Crippen LogP contribution in [-0.2, 0) is 14.4 Å². The molecule has 0 bridgehead atoms. The Bertz CT molecular complexity index is 305. The summed E-state index contributed by atoms with van der Waals surface area (Å²) in [7, 11) is 0. The fourth-order valence-electron chi connectivity index (χ4n) is 1.48. The van der Waals surface area contributed by atoms with Gasteiger partial charge in [-0.15, -0.1) is 11.6 Å². The number of halogens is 1. The summed E-state index contributed by atoms with van der Waals surface area (Å²) in [5, 5.41) is 16.9. The number of hydrogen-bond acceptors (Lipinski definition) is 3. The molecule has 2 N–H and O–H groups in total. The second-order valence-electron chi connectivity index (χ2n) is 3.30. The lowest BCUT2D eigenvalue weighted by atomic mass is 10.2. The quantitative estimate of drug-likeness (QED) is 0.656. The first kappa shape index (κ1) is 11.8. The molecule has 15 heavy (non-hydrogen) atoms. The highest BCUT2D eigenvalue weighted by molar-refractivity contribution is 6.22. The molecular weight excluding hydrogens is 226 g/mol. The second kappa shape index (κ2) is 4.48. The van der Waals surface area contributed by atoms with Crippen LogP contribution in [0, 0.1) is 0 Å². The van der Waals surface area contributed by atoms with Crippen LogP contribution in [0.2, 0.25) is 0 Å². The van der Waals surface area contributed by atoms with Gasteiger partial charge in [0, 0.05) is 13.0 Å². The van der Waals surface area contributed by atoms with Crippen molar-refractivity contribution in [2.75, 3.05) is 6.54 Å². The average Bonchev–Trinajstić information content (AvgIpc) is 2.40. The van der Waals surface area contributed by atoms with Gasteiger partial charge in [0.05, 0.1) is 11.8 Å². The first-order valence-electron chi connectivity index (χ1n) is 4.30. The lowest BCUT2D eigenvalue weighted by molar-refractivity contribution is -0.153. The highest BCUT2D eigenvalue weighted by atomic mass is 35.5. The van der Waals surface area contributed by atoms with Gasteiger partial charge in [-0.05, 0) is 0 Å². The third-order valence-corrected chi connectivity index (χ3v) is 2.43. The number of amides is 1. The van der Waals surface area contributed by atoms with E-state index in [0.29, 0.717) is 0 Å². The van der Waals surface area contributed by atoms with E-state index in [1.165, 1.54) is 0 Å². The van der Waals surface area contributed by atoms with E-state index >= 15 is 0 Å². The maximum absolute atomic E-state index is 11.3. The molecule has 0 aromatic heterocycles. The summed E-state index contributed by atoms with van der Waals surface area (Å²) in [5.74, 6) is -2.99. The topological polar surface area (TPSA) is 94.9 Å². The van der Waals surface area contributed by atoms with Crippen molar-refractivity contribution in [2.24, 2.45) is 0 Å². The predicted molar refractivity (Wildman–Crippen MR) is 49.6 cm³/mol. The number of alkyl halides is 1. The minimum absolute atomic E-state index is 0.0605. The molecule has 0 aromatic rings. The van der Waals surface area contributed by atoms with Crippen molar-refractivity contribution >= 4 is 29.4 Å². The summed E-state index contributed by atoms with van der Waals surface area (Å²) in [4.78, 5) is 33.5. The third kappa shape index (κ3) is 2.82. The number of carboxylic acids is 2. The Labute approximate surface area is 90.4 Å². The summed E-state index contributed by atoms with van der Waals surface area (Å²) >= 11 is 5.68. The van der Waals surface area contributed by atoms with E-state index in [-0.39, 0.29) is 13.0 Å². The Morgan fingerprint density at radius 3 is 2.47 bits per heavy atom. The summed E-state index contributed by atoms with van der Waals surface area (Å²) in [6.07, 6.45) is -0.546. The largest absolute Gasteiger partial charge is 0.481 e. The van der Waals surface area contributed by atoms with Crippen molar-refractivity contribution in [3.8, 4) is 0 Å². The van der Waals surface area contributed by atoms with E-state index in [4.69, 9.17) is 21.8 Å². The zero-order valence-corrected chi connectivity index (χ0v) is 8.48. The highest BCUT2D eigenvalue weighted by Gasteiger charge is 2.37. The molecule has 1 rings (SSSR count). The Morgan fingerprint density at radius 1 is 1.53 bits per heavy atom. The minimum Gasteiger partial charge on any atom is -0.481 e. The van der Waals surface area contributed by atoms with Gasteiger partial charge in [0.2, 0.25) is 5.91 Å². The predicted octanol–water partition coefficient (Wildman–Crippen LogP) is -0.246. The molecule has 0 radical (unpaired) electrons. The summed E-state index contributed by atoms with van der Waals surface area (Å²) in [6.45, 7) is 0.0879. The number of carbonyl (C=O) groups excluding carboxylic acids is 1. The number of carboxylic acid groups (broad SMARTS) is 2. The van der Waals surface area contributed by atoms with Crippen LogP contribution >= 0.6 is 11.6 Å². The van der Waals surface area contributed by atoms with Gasteiger partial charge in [-0.3, -0.25) is 9.59 Å². The minimum atomic E-state index is -1.32. The van der Waals surface area contributed by atoms with Crippen LogP contribution in [0.4, 0.5) is 0 Å². The molecule has 2 atom stereocenters. The first-order valence-corrected chi connectivity index (χ1v) is 4.73. The number of hydrogen-bond donors (Lipinski definition) is 2. The van der Waals surface area contributed by atoms with Crippen LogP contribution in [0.25, 0.3) is 0 Å². The van der Waals surface area contributed by atoms with Crippen molar-refractivity contribution in [2.45, 2.75) is 24.3 Å². The average molecular weight is 236 g/mol. The Kier molecular flexibility index (Phi) is 3.52. The lowest BCUT2D eigenvalue weighted by Crippen LogP contribution is -2.43. The van der Waals surface area contributed by atoms with Crippen LogP contribution in [0.3, 0.4) is 0 Å². The van der Waals surface area contributed by atoms with E-state index in [1.54, 1.807) is 0 Å². The molecule has 6 nitrogen and oxygen atoms in total. The van der Waals surface area contributed by atoms with Gasteiger partial charge >= 0.3 is 11.9 Å². The lowest BCUT2D eigenvalue weighted by Gasteiger charge is -2.22. The monoisotopic (exact) mass is 235 g/mol. The third-order valence-electron chi connectivity index (χ3n) is 2.14. The first-order chi connectivity index (χ1) is 6.91. The SMILES string of the molecule is O=C(O)C[C@@H](C(=O)O)N1CC(Cl)CC1=O. The molecule has 0 aromatic carbocycles. The Hall–Kier alpha value is -1.30. The smallest absolute Gasteiger partial charge is 0.327 e. The molecule has 1 aliphatic rings. The fourth-order valence-corrected chi connectivity index (χ4v) is 1.76. The number of aliphatic carboxylic acids is 2. The molecule has 0 aliphatic carbocycles. The van der Waals surface area contributed by atoms with Crippen LogP contribution in [0.1, 0.15) is 12.8 Å². The maximum atomic E-state index is 11.3. The number of carbonyl (C=O) groups is 3. The van der Waals surface area contributed by atoms with Crippen LogP contribution in [0.15, 0.2) is 0 Å². The van der Waals surface area contributed by atoms with Crippen molar-refractivity contribution in [1.29, 1.82) is 0 Å². The molecule has 1 fully saturated rings. The van der Waals surface area contributed by atoms with Crippen molar-refractivity contribution in [3.63, 3.8) is 0 Å². The molecule has 84 valence electrons. The number of rotatable bonds is 4. The van der Waals surface area contributed by atoms with E-state index in [0.717, 1.165) is 4.90 Å². The molecule has 1 unspecified atom stereocenters. The van der Waals surface area contributed by atoms with Crippen molar-refractivity contribution in [1.82, 2.24) is 4.90 Å². The highest BCUT2D eigenvalue weighted by Crippen LogP contribution is 2.20. The zero-order valence-electron chi connectivity index (χ0n) is 7.72. The maximum Gasteiger partial charge on any atom is 0.327 e. The standard InChI is InChI=1S/C8H10ClNO5/c9-4-1-6(11)10(3-4)5(8(14)15)2-7(12)13/h4-5H,1-3H2,(H,12,13)(H,14,15)/t4?,5-/m0/s1. The van der Waals surface area contributed by atoms with Crippen molar-refractivity contribution in [3.05, 3.63) is 0 Å². The zero-order chi connectivity index (χ0) is 11.6. The molecule has 7 heteroatoms. The molecular formula is C8H10ClNO5. The summed E-state index contributed by atoms with van der Waals surface area (Å²) < 4.78 is 0. The van der Waals surface area contributed by atoms with Crippen LogP contribution < -0.4 is 0 Å². The van der Waals surface area contributed by atoms with Crippen LogP contribution in [0.5, 0.6) is 0 Å². The van der Waals surface area contributed by atoms with Gasteiger partial charge in [0.1, 0.15) is 6.04 Å². The number of likely N-dealkylation sites (tertiary alicyclic amines) is 1. The van der Waals surface area contributed by atoms with Crippen molar-refractivity contribution < 1.29 is 24.6 Å². The molecule has 0 saturated carbocycles. The molecule has 1 aliphatic heterocycles. The second-order valence-corrected chi connectivity index (χ2v) is 3.92. The van der Waals surface area contributed by atoms with Gasteiger partial charge in [-0.1, -0.05) is 0 Å². The van der Waals surface area contributed by atoms with E-state index < -0.39 is 35.7 Å². The van der Waals surface area contributed by atoms with Gasteiger partial charge in [-0.25, -0.2) is 4.79 Å². The van der Waals surface area contributed by atoms with E-state index in [1.807, 2.05) is 0 Å². The Balaban J connectivity index is 2.76. The molecule has 1 saturated heterocycles. The molecule has 1 amide bonds. The van der Waals surface area contributed by atoms with Gasteiger partial charge in [0.25, 0.3) is 0 Å².